The molecule has 2 atom stereocenters. The van der Waals surface area contributed by atoms with E-state index < -0.39 is 0 Å². The molecule has 0 aliphatic heterocycles. The Morgan fingerprint density at radius 3 is 2.67 bits per heavy atom. The number of halogens is 2. The second kappa shape index (κ2) is 4.99. The highest BCUT2D eigenvalue weighted by atomic mass is 35.5. The molecule has 0 bridgehead atoms. The first kappa shape index (κ1) is 11.0. The average molecular weight is 246 g/mol. The maximum Gasteiger partial charge on any atom is 0.222 e. The number of hydrogen-bond donors (Lipinski definition) is 1. The minimum absolute atomic E-state index is 0.296. The van der Waals surface area contributed by atoms with Crippen molar-refractivity contribution in [2.24, 2.45) is 5.92 Å². The minimum Gasteiger partial charge on any atom is -0.354 e. The van der Waals surface area contributed by atoms with Gasteiger partial charge in [-0.15, -0.1) is 11.6 Å². The molecule has 1 fully saturated rings. The maximum absolute atomic E-state index is 6.17. The Balaban J connectivity index is 1.85. The van der Waals surface area contributed by atoms with Gasteiger partial charge in [-0.05, 0) is 18.8 Å². The average Bonchev–Trinajstić information content (AvgIpc) is 2.63. The molecule has 0 radical (unpaired) electrons. The Morgan fingerprint density at radius 1 is 1.33 bits per heavy atom. The van der Waals surface area contributed by atoms with E-state index >= 15 is 0 Å². The molecule has 1 aromatic rings. The highest BCUT2D eigenvalue weighted by Crippen LogP contribution is 2.29. The van der Waals surface area contributed by atoms with Gasteiger partial charge in [0.15, 0.2) is 0 Å². The van der Waals surface area contributed by atoms with Crippen molar-refractivity contribution in [3.63, 3.8) is 0 Å². The van der Waals surface area contributed by atoms with Crippen molar-refractivity contribution < 1.29 is 0 Å². The van der Waals surface area contributed by atoms with Crippen molar-refractivity contribution in [3.8, 4) is 0 Å². The molecule has 5 heteroatoms. The maximum atomic E-state index is 6.17. The van der Waals surface area contributed by atoms with Crippen LogP contribution in [-0.2, 0) is 0 Å². The number of anilines is 1. The number of aromatic nitrogens is 2. The second-order valence-corrected chi connectivity index (χ2v) is 4.81. The Morgan fingerprint density at radius 2 is 2.07 bits per heavy atom. The van der Waals surface area contributed by atoms with E-state index in [0.717, 1.165) is 13.0 Å². The first-order valence-corrected chi connectivity index (χ1v) is 5.92. The van der Waals surface area contributed by atoms with Gasteiger partial charge in [-0.1, -0.05) is 18.0 Å². The van der Waals surface area contributed by atoms with Crippen LogP contribution in [-0.4, -0.2) is 21.9 Å². The summed E-state index contributed by atoms with van der Waals surface area (Å²) >= 11 is 11.9. The Kier molecular flexibility index (Phi) is 3.65. The van der Waals surface area contributed by atoms with Crippen molar-refractivity contribution in [3.05, 3.63) is 17.4 Å². The van der Waals surface area contributed by atoms with Crippen LogP contribution in [0.3, 0.4) is 0 Å². The molecule has 82 valence electrons. The van der Waals surface area contributed by atoms with Gasteiger partial charge in [0, 0.05) is 11.9 Å². The predicted octanol–water partition coefficient (Wildman–Crippen LogP) is 2.95. The summed E-state index contributed by atoms with van der Waals surface area (Å²) in [5.74, 6) is 1.15. The fourth-order valence-corrected chi connectivity index (χ4v) is 2.31. The lowest BCUT2D eigenvalue weighted by atomic mass is 10.1. The fourth-order valence-electron chi connectivity index (χ4n) is 1.85. The molecule has 0 amide bonds. The van der Waals surface area contributed by atoms with E-state index in [1.165, 1.54) is 12.8 Å². The van der Waals surface area contributed by atoms with E-state index in [2.05, 4.69) is 15.3 Å². The molecule has 0 saturated heterocycles. The summed E-state index contributed by atoms with van der Waals surface area (Å²) in [5.41, 5.74) is 0. The normalized spacial score (nSPS) is 25.5. The van der Waals surface area contributed by atoms with Crippen LogP contribution in [0.4, 0.5) is 5.95 Å². The quantitative estimate of drug-likeness (QED) is 0.833. The molecule has 2 unspecified atom stereocenters. The van der Waals surface area contributed by atoms with Crippen LogP contribution in [0.5, 0.6) is 0 Å². The van der Waals surface area contributed by atoms with Gasteiger partial charge in [0.2, 0.25) is 5.95 Å². The van der Waals surface area contributed by atoms with Gasteiger partial charge in [0.05, 0.1) is 17.4 Å². The molecule has 2 rings (SSSR count). The molecule has 0 aromatic carbocycles. The van der Waals surface area contributed by atoms with E-state index in [1.807, 2.05) is 0 Å². The van der Waals surface area contributed by atoms with E-state index in [1.54, 1.807) is 12.4 Å². The van der Waals surface area contributed by atoms with E-state index in [9.17, 15) is 0 Å². The zero-order valence-corrected chi connectivity index (χ0v) is 9.80. The molecule has 15 heavy (non-hydrogen) atoms. The van der Waals surface area contributed by atoms with Crippen LogP contribution >= 0.6 is 23.2 Å². The zero-order valence-electron chi connectivity index (χ0n) is 8.29. The number of rotatable bonds is 3. The summed E-state index contributed by atoms with van der Waals surface area (Å²) in [6.45, 7) is 0.843. The van der Waals surface area contributed by atoms with Gasteiger partial charge in [-0.2, -0.15) is 0 Å². The second-order valence-electron chi connectivity index (χ2n) is 3.81. The van der Waals surface area contributed by atoms with Gasteiger partial charge in [0.1, 0.15) is 0 Å². The van der Waals surface area contributed by atoms with Crippen molar-refractivity contribution >= 4 is 29.2 Å². The van der Waals surface area contributed by atoms with Gasteiger partial charge < -0.3 is 5.32 Å². The van der Waals surface area contributed by atoms with Crippen molar-refractivity contribution in [2.45, 2.75) is 24.6 Å². The molecule has 1 aromatic heterocycles. The van der Waals surface area contributed by atoms with E-state index in [0.29, 0.717) is 22.3 Å². The third-order valence-electron chi connectivity index (χ3n) is 2.71. The van der Waals surface area contributed by atoms with Gasteiger partial charge in [-0.25, -0.2) is 9.97 Å². The largest absolute Gasteiger partial charge is 0.354 e. The van der Waals surface area contributed by atoms with Crippen LogP contribution < -0.4 is 5.32 Å². The minimum atomic E-state index is 0.296. The lowest BCUT2D eigenvalue weighted by Gasteiger charge is -2.13. The van der Waals surface area contributed by atoms with Crippen LogP contribution in [0, 0.1) is 5.92 Å². The summed E-state index contributed by atoms with van der Waals surface area (Å²) in [7, 11) is 0. The topological polar surface area (TPSA) is 37.8 Å². The lowest BCUT2D eigenvalue weighted by Crippen LogP contribution is -2.19. The van der Waals surface area contributed by atoms with Crippen LogP contribution in [0.1, 0.15) is 19.3 Å². The Labute approximate surface area is 99.2 Å². The molecule has 1 aliphatic rings. The first-order valence-electron chi connectivity index (χ1n) is 5.11. The summed E-state index contributed by atoms with van der Waals surface area (Å²) in [6.07, 6.45) is 6.71. The van der Waals surface area contributed by atoms with Crippen LogP contribution in [0.15, 0.2) is 12.4 Å². The highest BCUT2D eigenvalue weighted by Gasteiger charge is 2.24. The predicted molar refractivity (Wildman–Crippen MR) is 62.5 cm³/mol. The third kappa shape index (κ3) is 2.95. The Bertz CT molecular complexity index is 315. The van der Waals surface area contributed by atoms with Gasteiger partial charge >= 0.3 is 0 Å². The van der Waals surface area contributed by atoms with Crippen molar-refractivity contribution in [2.75, 3.05) is 11.9 Å². The zero-order chi connectivity index (χ0) is 10.7. The molecule has 1 saturated carbocycles. The summed E-state index contributed by atoms with van der Waals surface area (Å²) < 4.78 is 0. The molecule has 1 aliphatic carbocycles. The van der Waals surface area contributed by atoms with Crippen molar-refractivity contribution in [1.82, 2.24) is 9.97 Å². The smallest absolute Gasteiger partial charge is 0.222 e. The van der Waals surface area contributed by atoms with Crippen molar-refractivity contribution in [1.29, 1.82) is 0 Å². The number of hydrogen-bond acceptors (Lipinski definition) is 3. The lowest BCUT2D eigenvalue weighted by molar-refractivity contribution is 0.584. The van der Waals surface area contributed by atoms with Crippen LogP contribution in [0.25, 0.3) is 0 Å². The third-order valence-corrected chi connectivity index (χ3v) is 3.48. The summed E-state index contributed by atoms with van der Waals surface area (Å²) in [5, 5.41) is 4.03. The van der Waals surface area contributed by atoms with Crippen LogP contribution in [0.2, 0.25) is 5.02 Å². The Hall–Kier alpha value is -0.540. The molecular formula is C10H13Cl2N3. The molecule has 1 heterocycles. The number of nitrogens with zero attached hydrogens (tertiary/aromatic N) is 2. The number of nitrogens with one attached hydrogen (secondary N) is 1. The molecule has 0 spiro atoms. The van der Waals surface area contributed by atoms with Gasteiger partial charge in [0.25, 0.3) is 0 Å². The monoisotopic (exact) mass is 245 g/mol. The molecule has 1 N–H and O–H groups in total. The van der Waals surface area contributed by atoms with E-state index in [4.69, 9.17) is 23.2 Å². The van der Waals surface area contributed by atoms with Gasteiger partial charge in [-0.3, -0.25) is 0 Å². The molecule has 3 nitrogen and oxygen atoms in total. The number of alkyl halides is 1. The fraction of sp³-hybridized carbons (Fsp3) is 0.600. The summed E-state index contributed by atoms with van der Waals surface area (Å²) in [4.78, 5) is 8.13. The molecular weight excluding hydrogens is 233 g/mol. The van der Waals surface area contributed by atoms with E-state index in [-0.39, 0.29) is 0 Å². The first-order chi connectivity index (χ1) is 7.25. The standard InChI is InChI=1S/C10H13Cl2N3/c11-8-5-14-10(15-6-8)13-4-7-2-1-3-9(7)12/h5-7,9H,1-4H2,(H,13,14,15). The highest BCUT2D eigenvalue weighted by molar-refractivity contribution is 6.30. The summed E-state index contributed by atoms with van der Waals surface area (Å²) in [6, 6.07) is 0. The SMILES string of the molecule is Clc1cnc(NCC2CCCC2Cl)nc1.